The number of imidazole rings is 1. The second-order valence-electron chi connectivity index (χ2n) is 4.05. The second-order valence-corrected chi connectivity index (χ2v) is 4.85. The van der Waals surface area contributed by atoms with Crippen LogP contribution in [0, 0.1) is 6.92 Å². The molecule has 3 aromatic rings. The van der Waals surface area contributed by atoms with Crippen LogP contribution >= 0.6 is 11.5 Å². The molecule has 7 heteroatoms. The fraction of sp³-hybridized carbons (Fsp3) is 0.250. The molecule has 0 unspecified atom stereocenters. The maximum atomic E-state index is 5.92. The summed E-state index contributed by atoms with van der Waals surface area (Å²) in [6, 6.07) is 3.71. The van der Waals surface area contributed by atoms with Gasteiger partial charge in [-0.15, -0.1) is 0 Å². The highest BCUT2D eigenvalue weighted by atomic mass is 32.1. The Hall–Kier alpha value is -2.15. The Morgan fingerprint density at radius 1 is 1.37 bits per heavy atom. The summed E-state index contributed by atoms with van der Waals surface area (Å²) >= 11 is 1.27. The van der Waals surface area contributed by atoms with Gasteiger partial charge in [-0.05, 0) is 31.4 Å². The summed E-state index contributed by atoms with van der Waals surface area (Å²) < 4.78 is 9.58. The van der Waals surface area contributed by atoms with Crippen molar-refractivity contribution < 1.29 is 4.74 Å². The first-order valence-electron chi connectivity index (χ1n) is 5.90. The van der Waals surface area contributed by atoms with Gasteiger partial charge in [0.15, 0.2) is 5.65 Å². The molecule has 0 saturated heterocycles. The van der Waals surface area contributed by atoms with E-state index in [9.17, 15) is 0 Å². The standard InChI is InChI=1S/C12H13N5OS/c1-3-18-8-5-4-7-11(15-8)16-12(14-7)9-6(2)17-19-10(9)13/h4-5H,3,13H2,1-2H3,(H,14,15,16). The average molecular weight is 275 g/mol. The lowest BCUT2D eigenvalue weighted by molar-refractivity contribution is 0.328. The van der Waals surface area contributed by atoms with Crippen LogP contribution in [-0.2, 0) is 0 Å². The van der Waals surface area contributed by atoms with E-state index in [4.69, 9.17) is 10.5 Å². The number of aromatic amines is 1. The van der Waals surface area contributed by atoms with Gasteiger partial charge in [0, 0.05) is 6.07 Å². The number of nitrogen functional groups attached to an aromatic ring is 1. The van der Waals surface area contributed by atoms with Crippen LogP contribution < -0.4 is 10.5 Å². The zero-order valence-corrected chi connectivity index (χ0v) is 11.4. The Morgan fingerprint density at radius 2 is 2.21 bits per heavy atom. The molecular weight excluding hydrogens is 262 g/mol. The number of ether oxygens (including phenoxy) is 1. The number of anilines is 1. The number of aromatic nitrogens is 4. The number of nitrogens with two attached hydrogens (primary N) is 1. The Labute approximate surface area is 113 Å². The molecule has 0 aliphatic carbocycles. The first kappa shape index (κ1) is 11.9. The SMILES string of the molecule is CCOc1ccc2[nH]c(-c3c(C)nsc3N)nc2n1. The number of pyridine rings is 1. The lowest BCUT2D eigenvalue weighted by Gasteiger charge is -1.99. The average Bonchev–Trinajstić information content (AvgIpc) is 2.92. The summed E-state index contributed by atoms with van der Waals surface area (Å²) in [4.78, 5) is 12.0. The molecule has 19 heavy (non-hydrogen) atoms. The molecule has 0 radical (unpaired) electrons. The van der Waals surface area contributed by atoms with Crippen LogP contribution in [0.3, 0.4) is 0 Å². The van der Waals surface area contributed by atoms with Crippen molar-refractivity contribution in [2.24, 2.45) is 0 Å². The molecular formula is C12H13N5OS. The summed E-state index contributed by atoms with van der Waals surface area (Å²) in [5.41, 5.74) is 9.11. The largest absolute Gasteiger partial charge is 0.478 e. The minimum absolute atomic E-state index is 0.571. The van der Waals surface area contributed by atoms with E-state index in [2.05, 4.69) is 19.3 Å². The summed E-state index contributed by atoms with van der Waals surface area (Å²) in [6.45, 7) is 4.41. The lowest BCUT2D eigenvalue weighted by atomic mass is 10.2. The number of aryl methyl sites for hydroxylation is 1. The van der Waals surface area contributed by atoms with Crippen molar-refractivity contribution in [3.8, 4) is 17.3 Å². The highest BCUT2D eigenvalue weighted by Gasteiger charge is 2.15. The van der Waals surface area contributed by atoms with Gasteiger partial charge in [0.1, 0.15) is 10.8 Å². The summed E-state index contributed by atoms with van der Waals surface area (Å²) in [5, 5.41) is 0.654. The molecule has 0 spiro atoms. The fourth-order valence-electron chi connectivity index (χ4n) is 1.90. The molecule has 0 saturated carbocycles. The molecule has 3 heterocycles. The highest BCUT2D eigenvalue weighted by Crippen LogP contribution is 2.31. The molecule has 0 atom stereocenters. The molecule has 3 rings (SSSR count). The number of hydrogen-bond acceptors (Lipinski definition) is 6. The third-order valence-corrected chi connectivity index (χ3v) is 3.50. The Balaban J connectivity index is 2.11. The molecule has 0 aromatic carbocycles. The van der Waals surface area contributed by atoms with Gasteiger partial charge in [-0.3, -0.25) is 0 Å². The normalized spacial score (nSPS) is 11.1. The first-order chi connectivity index (χ1) is 9.19. The Kier molecular flexibility index (Phi) is 2.83. The van der Waals surface area contributed by atoms with Gasteiger partial charge in [0.2, 0.25) is 5.88 Å². The smallest absolute Gasteiger partial charge is 0.215 e. The Bertz CT molecular complexity index is 713. The zero-order valence-electron chi connectivity index (χ0n) is 10.6. The van der Waals surface area contributed by atoms with E-state index in [1.807, 2.05) is 26.0 Å². The van der Waals surface area contributed by atoms with E-state index < -0.39 is 0 Å². The van der Waals surface area contributed by atoms with E-state index in [0.717, 1.165) is 16.8 Å². The van der Waals surface area contributed by atoms with Crippen molar-refractivity contribution in [3.63, 3.8) is 0 Å². The van der Waals surface area contributed by atoms with Crippen LogP contribution in [-0.4, -0.2) is 25.9 Å². The number of nitrogens with zero attached hydrogens (tertiary/aromatic N) is 3. The van der Waals surface area contributed by atoms with Crippen LogP contribution in [0.4, 0.5) is 5.00 Å². The first-order valence-corrected chi connectivity index (χ1v) is 6.68. The van der Waals surface area contributed by atoms with Crippen LogP contribution in [0.25, 0.3) is 22.6 Å². The maximum Gasteiger partial charge on any atom is 0.215 e. The number of fused-ring (bicyclic) bond motifs is 1. The van der Waals surface area contributed by atoms with Crippen molar-refractivity contribution >= 4 is 27.7 Å². The number of hydrogen-bond donors (Lipinski definition) is 2. The van der Waals surface area contributed by atoms with E-state index in [0.29, 0.717) is 29.0 Å². The number of nitrogens with one attached hydrogen (secondary N) is 1. The molecule has 3 N–H and O–H groups in total. The van der Waals surface area contributed by atoms with Crippen LogP contribution in [0.2, 0.25) is 0 Å². The van der Waals surface area contributed by atoms with Crippen LogP contribution in [0.1, 0.15) is 12.6 Å². The minimum Gasteiger partial charge on any atom is -0.478 e. The monoisotopic (exact) mass is 275 g/mol. The molecule has 0 fully saturated rings. The van der Waals surface area contributed by atoms with E-state index in [1.54, 1.807) is 0 Å². The van der Waals surface area contributed by atoms with Crippen molar-refractivity contribution in [1.82, 2.24) is 19.3 Å². The maximum absolute atomic E-state index is 5.92. The predicted octanol–water partition coefficient (Wildman–Crippen LogP) is 2.37. The van der Waals surface area contributed by atoms with Crippen molar-refractivity contribution in [3.05, 3.63) is 17.8 Å². The third-order valence-electron chi connectivity index (χ3n) is 2.74. The van der Waals surface area contributed by atoms with Crippen LogP contribution in [0.15, 0.2) is 12.1 Å². The third kappa shape index (κ3) is 2.01. The number of rotatable bonds is 3. The second kappa shape index (κ2) is 4.51. The van der Waals surface area contributed by atoms with Gasteiger partial charge in [-0.25, -0.2) is 4.98 Å². The zero-order chi connectivity index (χ0) is 13.4. The van der Waals surface area contributed by atoms with Crippen molar-refractivity contribution in [2.75, 3.05) is 12.3 Å². The van der Waals surface area contributed by atoms with Crippen LogP contribution in [0.5, 0.6) is 5.88 Å². The van der Waals surface area contributed by atoms with Gasteiger partial charge >= 0.3 is 0 Å². The van der Waals surface area contributed by atoms with Crippen molar-refractivity contribution in [2.45, 2.75) is 13.8 Å². The van der Waals surface area contributed by atoms with Gasteiger partial charge in [-0.1, -0.05) is 0 Å². The van der Waals surface area contributed by atoms with E-state index >= 15 is 0 Å². The summed E-state index contributed by atoms with van der Waals surface area (Å²) in [7, 11) is 0. The van der Waals surface area contributed by atoms with Gasteiger partial charge in [-0.2, -0.15) is 9.36 Å². The number of H-pyrrole nitrogens is 1. The van der Waals surface area contributed by atoms with E-state index in [-0.39, 0.29) is 0 Å². The summed E-state index contributed by atoms with van der Waals surface area (Å²) in [5.74, 6) is 1.26. The van der Waals surface area contributed by atoms with Gasteiger partial charge < -0.3 is 15.5 Å². The molecule has 0 amide bonds. The Morgan fingerprint density at radius 3 is 2.89 bits per heavy atom. The van der Waals surface area contributed by atoms with Gasteiger partial charge in [0.25, 0.3) is 0 Å². The molecule has 0 aliphatic heterocycles. The quantitative estimate of drug-likeness (QED) is 0.766. The highest BCUT2D eigenvalue weighted by molar-refractivity contribution is 7.10. The molecule has 0 aliphatic rings. The fourth-order valence-corrected chi connectivity index (χ4v) is 2.56. The molecule has 98 valence electrons. The van der Waals surface area contributed by atoms with Crippen molar-refractivity contribution in [1.29, 1.82) is 0 Å². The predicted molar refractivity (Wildman–Crippen MR) is 75.3 cm³/mol. The lowest BCUT2D eigenvalue weighted by Crippen LogP contribution is -1.93. The minimum atomic E-state index is 0.571. The molecule has 0 bridgehead atoms. The van der Waals surface area contributed by atoms with Gasteiger partial charge in [0.05, 0.1) is 23.4 Å². The molecule has 3 aromatic heterocycles. The topological polar surface area (TPSA) is 89.7 Å². The summed E-state index contributed by atoms with van der Waals surface area (Å²) in [6.07, 6.45) is 0. The molecule has 6 nitrogen and oxygen atoms in total. The van der Waals surface area contributed by atoms with E-state index in [1.165, 1.54) is 11.5 Å².